The van der Waals surface area contributed by atoms with Crippen molar-refractivity contribution < 1.29 is 9.53 Å². The van der Waals surface area contributed by atoms with Gasteiger partial charge in [-0.05, 0) is 31.9 Å². The van der Waals surface area contributed by atoms with Crippen LogP contribution in [0.5, 0.6) is 0 Å². The van der Waals surface area contributed by atoms with E-state index in [0.29, 0.717) is 13.2 Å². The fourth-order valence-corrected chi connectivity index (χ4v) is 2.98. The van der Waals surface area contributed by atoms with E-state index in [1.807, 2.05) is 6.92 Å². The Morgan fingerprint density at radius 2 is 2.04 bits per heavy atom. The first kappa shape index (κ1) is 16.4. The lowest BCUT2D eigenvalue weighted by atomic mass is 9.98. The van der Waals surface area contributed by atoms with Gasteiger partial charge in [0.05, 0.1) is 19.2 Å². The highest BCUT2D eigenvalue weighted by Crippen LogP contribution is 2.29. The maximum absolute atomic E-state index is 12.8. The number of amides is 1. The van der Waals surface area contributed by atoms with Gasteiger partial charge in [0.2, 0.25) is 0 Å². The Bertz CT molecular complexity index is 762. The molecular weight excluding hydrogens is 304 g/mol. The normalized spacial score (nSPS) is 20.9. The van der Waals surface area contributed by atoms with Gasteiger partial charge in [-0.3, -0.25) is 4.79 Å². The van der Waals surface area contributed by atoms with Gasteiger partial charge >= 0.3 is 0 Å². The summed E-state index contributed by atoms with van der Waals surface area (Å²) in [7, 11) is 0. The predicted molar refractivity (Wildman–Crippen MR) is 91.6 cm³/mol. The lowest BCUT2D eigenvalue weighted by molar-refractivity contribution is -0.0490. The first-order valence-electron chi connectivity index (χ1n) is 8.03. The predicted octanol–water partition coefficient (Wildman–Crippen LogP) is 2.28. The van der Waals surface area contributed by atoms with E-state index >= 15 is 0 Å². The number of nitrogens with two attached hydrogens (primary N) is 1. The summed E-state index contributed by atoms with van der Waals surface area (Å²) >= 11 is 0. The van der Waals surface area contributed by atoms with E-state index in [9.17, 15) is 4.79 Å². The Morgan fingerprint density at radius 3 is 2.79 bits per heavy atom. The number of anilines is 1. The van der Waals surface area contributed by atoms with Crippen molar-refractivity contribution in [2.45, 2.75) is 32.9 Å². The third kappa shape index (κ3) is 3.10. The maximum atomic E-state index is 12.8. The molecule has 0 radical (unpaired) electrons. The lowest BCUT2D eigenvalue weighted by Crippen LogP contribution is -2.48. The molecule has 2 atom stereocenters. The van der Waals surface area contributed by atoms with Crippen LogP contribution in [0.4, 0.5) is 5.82 Å². The van der Waals surface area contributed by atoms with Gasteiger partial charge in [-0.15, -0.1) is 0 Å². The second kappa shape index (κ2) is 6.57. The van der Waals surface area contributed by atoms with E-state index in [1.165, 1.54) is 18.0 Å². The first-order valence-corrected chi connectivity index (χ1v) is 8.03. The van der Waals surface area contributed by atoms with Gasteiger partial charge in [-0.25, -0.2) is 9.97 Å². The van der Waals surface area contributed by atoms with E-state index in [2.05, 4.69) is 42.0 Å². The monoisotopic (exact) mass is 326 g/mol. The Labute approximate surface area is 141 Å². The largest absolute Gasteiger partial charge is 0.382 e. The Balaban J connectivity index is 1.87. The smallest absolute Gasteiger partial charge is 0.276 e. The highest BCUT2D eigenvalue weighted by Gasteiger charge is 2.33. The van der Waals surface area contributed by atoms with Crippen molar-refractivity contribution >= 4 is 11.7 Å². The molecule has 1 saturated heterocycles. The van der Waals surface area contributed by atoms with Crippen molar-refractivity contribution in [3.8, 4) is 0 Å². The quantitative estimate of drug-likeness (QED) is 0.915. The minimum absolute atomic E-state index is 0.0414. The van der Waals surface area contributed by atoms with Crippen LogP contribution >= 0.6 is 0 Å². The Morgan fingerprint density at radius 1 is 1.29 bits per heavy atom. The summed E-state index contributed by atoms with van der Waals surface area (Å²) in [6, 6.07) is 6.24. The summed E-state index contributed by atoms with van der Waals surface area (Å²) in [4.78, 5) is 22.7. The molecule has 2 aromatic rings. The highest BCUT2D eigenvalue weighted by atomic mass is 16.5. The highest BCUT2D eigenvalue weighted by molar-refractivity contribution is 5.96. The molecule has 0 saturated carbocycles. The van der Waals surface area contributed by atoms with Crippen LogP contribution in [0.25, 0.3) is 0 Å². The molecule has 2 N–H and O–H groups in total. The fraction of sp³-hybridized carbons (Fsp3) is 0.389. The van der Waals surface area contributed by atoms with Gasteiger partial charge in [0.1, 0.15) is 6.10 Å². The second-order valence-electron chi connectivity index (χ2n) is 6.28. The lowest BCUT2D eigenvalue weighted by Gasteiger charge is -2.38. The van der Waals surface area contributed by atoms with Crippen molar-refractivity contribution in [1.29, 1.82) is 0 Å². The Kier molecular flexibility index (Phi) is 4.49. The summed E-state index contributed by atoms with van der Waals surface area (Å²) in [5.74, 6) is -0.0452. The van der Waals surface area contributed by atoms with Gasteiger partial charge in [0, 0.05) is 12.4 Å². The average molecular weight is 326 g/mol. The standard InChI is InChI=1S/C18H22N4O2/c1-11-4-5-12(2)14(8-11)15-9-22(13(3)10-24-15)18(23)16-17(19)21-7-6-20-16/h4-8,13,15H,9-10H2,1-3H3,(H2,19,21)/t13-,15-/m1/s1. The zero-order valence-electron chi connectivity index (χ0n) is 14.2. The van der Waals surface area contributed by atoms with Crippen molar-refractivity contribution in [3.63, 3.8) is 0 Å². The van der Waals surface area contributed by atoms with E-state index < -0.39 is 0 Å². The summed E-state index contributed by atoms with van der Waals surface area (Å²) in [6.45, 7) is 7.02. The van der Waals surface area contributed by atoms with Crippen LogP contribution in [0.3, 0.4) is 0 Å². The molecule has 2 heterocycles. The van der Waals surface area contributed by atoms with Gasteiger partial charge in [-0.2, -0.15) is 0 Å². The van der Waals surface area contributed by atoms with Gasteiger partial charge in [0.15, 0.2) is 11.5 Å². The van der Waals surface area contributed by atoms with E-state index in [4.69, 9.17) is 10.5 Å². The van der Waals surface area contributed by atoms with Crippen LogP contribution in [0.2, 0.25) is 0 Å². The number of benzene rings is 1. The van der Waals surface area contributed by atoms with E-state index in [0.717, 1.165) is 11.1 Å². The molecule has 1 amide bonds. The molecule has 1 aromatic heterocycles. The summed E-state index contributed by atoms with van der Waals surface area (Å²) in [5.41, 5.74) is 9.46. The number of carbonyl (C=O) groups is 1. The van der Waals surface area contributed by atoms with Crippen molar-refractivity contribution in [1.82, 2.24) is 14.9 Å². The molecule has 0 spiro atoms. The van der Waals surface area contributed by atoms with E-state index in [1.54, 1.807) is 4.90 Å². The van der Waals surface area contributed by atoms with Gasteiger partial charge in [0.25, 0.3) is 5.91 Å². The molecule has 0 unspecified atom stereocenters. The fourth-order valence-electron chi connectivity index (χ4n) is 2.98. The number of carbonyl (C=O) groups excluding carboxylic acids is 1. The minimum atomic E-state index is -0.202. The van der Waals surface area contributed by atoms with Crippen LogP contribution < -0.4 is 5.73 Å². The van der Waals surface area contributed by atoms with Gasteiger partial charge in [-0.1, -0.05) is 23.8 Å². The molecule has 1 fully saturated rings. The third-order valence-corrected chi connectivity index (χ3v) is 4.40. The number of nitrogen functional groups attached to an aromatic ring is 1. The number of hydrogen-bond acceptors (Lipinski definition) is 5. The topological polar surface area (TPSA) is 81.3 Å². The molecule has 0 bridgehead atoms. The number of rotatable bonds is 2. The van der Waals surface area contributed by atoms with Crippen molar-refractivity contribution in [3.05, 3.63) is 53.0 Å². The minimum Gasteiger partial charge on any atom is -0.382 e. The Hall–Kier alpha value is -2.47. The van der Waals surface area contributed by atoms with Crippen LogP contribution in [-0.4, -0.2) is 40.0 Å². The molecule has 3 rings (SSSR count). The molecule has 1 aliphatic heterocycles. The molecular formula is C18H22N4O2. The summed E-state index contributed by atoms with van der Waals surface area (Å²) in [6.07, 6.45) is 2.81. The van der Waals surface area contributed by atoms with Gasteiger partial charge < -0.3 is 15.4 Å². The van der Waals surface area contributed by atoms with Crippen LogP contribution in [-0.2, 0) is 4.74 Å². The summed E-state index contributed by atoms with van der Waals surface area (Å²) in [5, 5.41) is 0. The van der Waals surface area contributed by atoms with Crippen LogP contribution in [0.15, 0.2) is 30.6 Å². The molecule has 0 aliphatic carbocycles. The number of aryl methyl sites for hydroxylation is 2. The molecule has 24 heavy (non-hydrogen) atoms. The zero-order valence-corrected chi connectivity index (χ0v) is 14.2. The molecule has 6 heteroatoms. The van der Waals surface area contributed by atoms with E-state index in [-0.39, 0.29) is 29.6 Å². The number of aromatic nitrogens is 2. The number of hydrogen-bond donors (Lipinski definition) is 1. The average Bonchev–Trinajstić information content (AvgIpc) is 2.57. The number of morpholine rings is 1. The van der Waals surface area contributed by atoms with Crippen LogP contribution in [0, 0.1) is 13.8 Å². The first-order chi connectivity index (χ1) is 11.5. The molecule has 6 nitrogen and oxygen atoms in total. The maximum Gasteiger partial charge on any atom is 0.276 e. The molecule has 126 valence electrons. The summed E-state index contributed by atoms with van der Waals surface area (Å²) < 4.78 is 6.00. The van der Waals surface area contributed by atoms with Crippen LogP contribution in [0.1, 0.15) is 40.2 Å². The van der Waals surface area contributed by atoms with Crippen molar-refractivity contribution in [2.24, 2.45) is 0 Å². The SMILES string of the molecule is Cc1ccc(C)c([C@H]2CN(C(=O)c3nccnc3N)[C@H](C)CO2)c1. The third-order valence-electron chi connectivity index (χ3n) is 4.40. The molecule has 1 aromatic carbocycles. The second-order valence-corrected chi connectivity index (χ2v) is 6.28. The zero-order chi connectivity index (χ0) is 17.3. The molecule has 1 aliphatic rings. The number of nitrogens with zero attached hydrogens (tertiary/aromatic N) is 3. The number of ether oxygens (including phenoxy) is 1. The van der Waals surface area contributed by atoms with Crippen molar-refractivity contribution in [2.75, 3.05) is 18.9 Å².